The SMILES string of the molecule is C=C(C)C(=O)OCC(C)(COc1ccc2cc(-c3ccc(CCCCC)cc3CC)c(=O)oc2c1)C(F)(F)F. The minimum atomic E-state index is -4.71. The predicted molar refractivity (Wildman–Crippen MR) is 146 cm³/mol. The van der Waals surface area contributed by atoms with Crippen molar-refractivity contribution in [2.75, 3.05) is 13.2 Å². The largest absolute Gasteiger partial charge is 0.492 e. The molecule has 1 heterocycles. The van der Waals surface area contributed by atoms with Crippen LogP contribution in [0.2, 0.25) is 0 Å². The molecule has 0 spiro atoms. The minimum absolute atomic E-state index is 0.00153. The number of alkyl halides is 3. The van der Waals surface area contributed by atoms with E-state index in [0.717, 1.165) is 43.7 Å². The first-order valence-electron chi connectivity index (χ1n) is 13.1. The van der Waals surface area contributed by atoms with Crippen molar-refractivity contribution in [2.24, 2.45) is 5.41 Å². The lowest BCUT2D eigenvalue weighted by atomic mass is 9.92. The van der Waals surface area contributed by atoms with E-state index in [9.17, 15) is 22.8 Å². The van der Waals surface area contributed by atoms with Crippen molar-refractivity contribution in [3.05, 3.63) is 76.2 Å². The molecule has 0 amide bonds. The molecule has 0 aliphatic carbocycles. The number of esters is 1. The first-order valence-corrected chi connectivity index (χ1v) is 13.1. The van der Waals surface area contributed by atoms with E-state index in [4.69, 9.17) is 13.9 Å². The second-order valence-corrected chi connectivity index (χ2v) is 10.2. The first-order chi connectivity index (χ1) is 18.4. The topological polar surface area (TPSA) is 65.7 Å². The van der Waals surface area contributed by atoms with Crippen molar-refractivity contribution < 1.29 is 31.9 Å². The maximum atomic E-state index is 13.8. The summed E-state index contributed by atoms with van der Waals surface area (Å²) in [6.45, 7) is 8.11. The summed E-state index contributed by atoms with van der Waals surface area (Å²) in [5.41, 5.74) is 0.703. The molecule has 0 N–H and O–H groups in total. The fraction of sp³-hybridized carbons (Fsp3) is 0.419. The summed E-state index contributed by atoms with van der Waals surface area (Å²) in [6, 6.07) is 12.4. The standard InChI is InChI=1S/C31H35F3O5/c1-6-8-9-10-21-11-14-25(22(7-2)15-21)26-16-23-12-13-24(17-27(23)39-29(26)36)37-18-30(5,31(32,33)34)19-38-28(35)20(3)4/h11-17H,3,6-10,18-19H2,1-2,4-5H3. The van der Waals surface area contributed by atoms with Crippen molar-refractivity contribution in [1.29, 1.82) is 0 Å². The van der Waals surface area contributed by atoms with Crippen molar-refractivity contribution in [1.82, 2.24) is 0 Å². The molecule has 3 aromatic rings. The van der Waals surface area contributed by atoms with Crippen LogP contribution in [0.4, 0.5) is 13.2 Å². The Labute approximate surface area is 226 Å². The number of ether oxygens (including phenoxy) is 2. The van der Waals surface area contributed by atoms with E-state index >= 15 is 0 Å². The maximum Gasteiger partial charge on any atom is 0.400 e. The molecule has 0 aliphatic heterocycles. The van der Waals surface area contributed by atoms with Crippen LogP contribution in [0.25, 0.3) is 22.1 Å². The zero-order valence-corrected chi connectivity index (χ0v) is 22.9. The molecule has 0 radical (unpaired) electrons. The Morgan fingerprint density at radius 3 is 2.38 bits per heavy atom. The molecule has 210 valence electrons. The number of hydrogen-bond acceptors (Lipinski definition) is 5. The fourth-order valence-electron chi connectivity index (χ4n) is 4.10. The molecule has 0 saturated carbocycles. The number of unbranched alkanes of at least 4 members (excludes halogenated alkanes) is 2. The summed E-state index contributed by atoms with van der Waals surface area (Å²) in [4.78, 5) is 24.6. The zero-order valence-electron chi connectivity index (χ0n) is 22.9. The lowest BCUT2D eigenvalue weighted by Gasteiger charge is -2.31. The van der Waals surface area contributed by atoms with Crippen LogP contribution in [0.5, 0.6) is 5.75 Å². The summed E-state index contributed by atoms with van der Waals surface area (Å²) in [7, 11) is 0. The van der Waals surface area contributed by atoms with Gasteiger partial charge in [0.25, 0.3) is 0 Å². The van der Waals surface area contributed by atoms with Gasteiger partial charge in [-0.1, -0.05) is 51.5 Å². The molecule has 39 heavy (non-hydrogen) atoms. The van der Waals surface area contributed by atoms with Gasteiger partial charge in [-0.15, -0.1) is 0 Å². The van der Waals surface area contributed by atoms with E-state index in [2.05, 4.69) is 19.6 Å². The van der Waals surface area contributed by atoms with E-state index in [1.807, 2.05) is 19.1 Å². The van der Waals surface area contributed by atoms with Crippen LogP contribution < -0.4 is 10.4 Å². The van der Waals surface area contributed by atoms with E-state index in [0.29, 0.717) is 10.9 Å². The summed E-state index contributed by atoms with van der Waals surface area (Å²) >= 11 is 0. The third-order valence-electron chi connectivity index (χ3n) is 6.73. The lowest BCUT2D eigenvalue weighted by Crippen LogP contribution is -2.44. The van der Waals surface area contributed by atoms with Crippen LogP contribution in [-0.4, -0.2) is 25.4 Å². The monoisotopic (exact) mass is 544 g/mol. The molecular weight excluding hydrogens is 509 g/mol. The Bertz CT molecular complexity index is 1390. The number of benzene rings is 2. The van der Waals surface area contributed by atoms with Crippen LogP contribution >= 0.6 is 0 Å². The van der Waals surface area contributed by atoms with Gasteiger partial charge in [0.2, 0.25) is 0 Å². The Morgan fingerprint density at radius 2 is 1.74 bits per heavy atom. The Balaban J connectivity index is 1.84. The van der Waals surface area contributed by atoms with Gasteiger partial charge in [0.1, 0.15) is 30.0 Å². The number of aryl methyl sites for hydroxylation is 2. The zero-order chi connectivity index (χ0) is 28.8. The Kier molecular flexibility index (Phi) is 9.64. The molecule has 1 atom stereocenters. The molecule has 0 bridgehead atoms. The fourth-order valence-corrected chi connectivity index (χ4v) is 4.10. The molecule has 2 aromatic carbocycles. The van der Waals surface area contributed by atoms with Crippen LogP contribution in [0.1, 0.15) is 58.1 Å². The smallest absolute Gasteiger partial charge is 0.400 e. The average molecular weight is 545 g/mol. The molecule has 3 rings (SSSR count). The molecule has 1 unspecified atom stereocenters. The highest BCUT2D eigenvalue weighted by Crippen LogP contribution is 2.39. The lowest BCUT2D eigenvalue weighted by molar-refractivity contribution is -0.240. The molecule has 0 fully saturated rings. The number of hydrogen-bond donors (Lipinski definition) is 0. The van der Waals surface area contributed by atoms with Crippen molar-refractivity contribution in [3.8, 4) is 16.9 Å². The van der Waals surface area contributed by atoms with Gasteiger partial charge in [0.05, 0.1) is 5.56 Å². The molecule has 5 nitrogen and oxygen atoms in total. The van der Waals surface area contributed by atoms with Crippen LogP contribution in [0.3, 0.4) is 0 Å². The van der Waals surface area contributed by atoms with Gasteiger partial charge in [0.15, 0.2) is 0 Å². The number of halogens is 3. The van der Waals surface area contributed by atoms with E-state index in [1.54, 1.807) is 12.1 Å². The third kappa shape index (κ3) is 7.31. The van der Waals surface area contributed by atoms with Crippen molar-refractivity contribution >= 4 is 16.9 Å². The highest BCUT2D eigenvalue weighted by Gasteiger charge is 2.53. The molecule has 0 saturated heterocycles. The van der Waals surface area contributed by atoms with Gasteiger partial charge in [-0.05, 0) is 68.0 Å². The maximum absolute atomic E-state index is 13.8. The predicted octanol–water partition coefficient (Wildman–Crippen LogP) is 7.82. The summed E-state index contributed by atoms with van der Waals surface area (Å²) in [5, 5.41) is 0.611. The Morgan fingerprint density at radius 1 is 1.00 bits per heavy atom. The van der Waals surface area contributed by atoms with Crippen LogP contribution in [0.15, 0.2) is 63.8 Å². The number of fused-ring (bicyclic) bond motifs is 1. The van der Waals surface area contributed by atoms with Gasteiger partial charge in [-0.25, -0.2) is 9.59 Å². The summed E-state index contributed by atoms with van der Waals surface area (Å²) < 4.78 is 57.1. The molecular formula is C31H35F3O5. The first kappa shape index (κ1) is 30.0. The molecule has 1 aromatic heterocycles. The van der Waals surface area contributed by atoms with E-state index < -0.39 is 36.4 Å². The second kappa shape index (κ2) is 12.5. The van der Waals surface area contributed by atoms with E-state index in [1.165, 1.54) is 31.0 Å². The highest BCUT2D eigenvalue weighted by molar-refractivity contribution is 5.87. The van der Waals surface area contributed by atoms with Gasteiger partial charge in [0, 0.05) is 17.0 Å². The van der Waals surface area contributed by atoms with Gasteiger partial charge >= 0.3 is 17.8 Å². The van der Waals surface area contributed by atoms with Gasteiger partial charge < -0.3 is 13.9 Å². The number of carbonyl (C=O) groups excluding carboxylic acids is 1. The quantitative estimate of drug-likeness (QED) is 0.101. The second-order valence-electron chi connectivity index (χ2n) is 10.2. The van der Waals surface area contributed by atoms with Crippen molar-refractivity contribution in [2.45, 2.75) is 66.0 Å². The van der Waals surface area contributed by atoms with Crippen LogP contribution in [-0.2, 0) is 22.4 Å². The summed E-state index contributed by atoms with van der Waals surface area (Å²) in [5.74, 6) is -0.822. The Hall–Kier alpha value is -3.55. The molecule has 8 heteroatoms. The van der Waals surface area contributed by atoms with Gasteiger partial charge in [-0.2, -0.15) is 13.2 Å². The number of rotatable bonds is 12. The normalized spacial score (nSPS) is 13.2. The van der Waals surface area contributed by atoms with Gasteiger partial charge in [-0.3, -0.25) is 0 Å². The molecule has 0 aliphatic rings. The average Bonchev–Trinajstić information content (AvgIpc) is 2.89. The van der Waals surface area contributed by atoms with Crippen LogP contribution in [0, 0.1) is 5.41 Å². The number of carbonyl (C=O) groups is 1. The minimum Gasteiger partial charge on any atom is -0.492 e. The third-order valence-corrected chi connectivity index (χ3v) is 6.73. The highest BCUT2D eigenvalue weighted by atomic mass is 19.4. The summed E-state index contributed by atoms with van der Waals surface area (Å²) in [6.07, 6.45) is 0.463. The van der Waals surface area contributed by atoms with E-state index in [-0.39, 0.29) is 16.9 Å². The van der Waals surface area contributed by atoms with Crippen molar-refractivity contribution in [3.63, 3.8) is 0 Å².